The van der Waals surface area contributed by atoms with Gasteiger partial charge in [-0.15, -0.1) is 0 Å². The molecule has 9 nitrogen and oxygen atoms in total. The maximum Gasteiger partial charge on any atom is 0.410 e. The van der Waals surface area contributed by atoms with Crippen LogP contribution in [-0.2, 0) is 16.1 Å². The van der Waals surface area contributed by atoms with E-state index < -0.39 is 29.0 Å². The van der Waals surface area contributed by atoms with Crippen LogP contribution in [0.5, 0.6) is 0 Å². The summed E-state index contributed by atoms with van der Waals surface area (Å²) < 4.78 is 7.07. The van der Waals surface area contributed by atoms with Gasteiger partial charge in [0.25, 0.3) is 5.91 Å². The van der Waals surface area contributed by atoms with Crippen molar-refractivity contribution in [1.29, 1.82) is 0 Å². The molecule has 0 saturated carbocycles. The van der Waals surface area contributed by atoms with Crippen LogP contribution in [0.15, 0.2) is 42.7 Å². The summed E-state index contributed by atoms with van der Waals surface area (Å²) in [5, 5.41) is 14.1. The van der Waals surface area contributed by atoms with Gasteiger partial charge in [-0.3, -0.25) is 14.3 Å². The Kier molecular flexibility index (Phi) is 5.44. The van der Waals surface area contributed by atoms with Crippen LogP contribution in [0.3, 0.4) is 0 Å². The van der Waals surface area contributed by atoms with Crippen LogP contribution >= 0.6 is 0 Å². The van der Waals surface area contributed by atoms with Gasteiger partial charge < -0.3 is 19.6 Å². The van der Waals surface area contributed by atoms with E-state index in [-0.39, 0.29) is 32.1 Å². The van der Waals surface area contributed by atoms with Gasteiger partial charge in [-0.05, 0) is 26.3 Å². The lowest BCUT2D eigenvalue weighted by Gasteiger charge is -2.49. The zero-order valence-electron chi connectivity index (χ0n) is 18.5. The molecular weight excluding hydrogens is 412 g/mol. The third kappa shape index (κ3) is 4.32. The Hall–Kier alpha value is -3.36. The summed E-state index contributed by atoms with van der Waals surface area (Å²) in [7, 11) is 0. The Morgan fingerprint density at radius 1 is 1.12 bits per heavy atom. The second kappa shape index (κ2) is 7.96. The van der Waals surface area contributed by atoms with E-state index in [0.717, 1.165) is 5.56 Å². The van der Waals surface area contributed by atoms with Crippen molar-refractivity contribution in [3.8, 4) is 0 Å². The van der Waals surface area contributed by atoms with Crippen molar-refractivity contribution < 1.29 is 24.2 Å². The Balaban J connectivity index is 1.43. The van der Waals surface area contributed by atoms with Gasteiger partial charge in [-0.2, -0.15) is 5.10 Å². The van der Waals surface area contributed by atoms with Crippen LogP contribution in [-0.4, -0.2) is 74.4 Å². The first-order valence-corrected chi connectivity index (χ1v) is 10.6. The number of aliphatic carboxylic acids is 1. The fourth-order valence-corrected chi connectivity index (χ4v) is 4.47. The first-order valence-electron chi connectivity index (χ1n) is 10.6. The smallest absolute Gasteiger partial charge is 0.410 e. The van der Waals surface area contributed by atoms with Gasteiger partial charge in [0.05, 0.1) is 24.2 Å². The number of carbonyl (C=O) groups excluding carboxylic acids is 2. The Bertz CT molecular complexity index is 1020. The second-order valence-electron chi connectivity index (χ2n) is 9.69. The first kappa shape index (κ1) is 21.9. The molecule has 32 heavy (non-hydrogen) atoms. The molecular formula is C23H28N4O5. The summed E-state index contributed by atoms with van der Waals surface area (Å²) in [6.07, 6.45) is 2.74. The number of hydrogen-bond acceptors (Lipinski definition) is 5. The maximum atomic E-state index is 13.1. The van der Waals surface area contributed by atoms with Gasteiger partial charge in [-0.25, -0.2) is 4.79 Å². The molecule has 2 fully saturated rings. The van der Waals surface area contributed by atoms with Crippen molar-refractivity contribution in [1.82, 2.24) is 19.6 Å². The van der Waals surface area contributed by atoms with Crippen LogP contribution < -0.4 is 0 Å². The van der Waals surface area contributed by atoms with Gasteiger partial charge in [0.15, 0.2) is 0 Å². The highest BCUT2D eigenvalue weighted by atomic mass is 16.6. The SMILES string of the molecule is CC(C)(C)OC(=O)N1CC2(C1)CN(C(=O)c1cnn(Cc3ccccc3)c1)C[C@H]2C(=O)O. The van der Waals surface area contributed by atoms with E-state index in [2.05, 4.69) is 5.10 Å². The molecule has 2 aliphatic rings. The fraction of sp³-hybridized carbons (Fsp3) is 0.478. The number of carboxylic acid groups (broad SMARTS) is 1. The van der Waals surface area contributed by atoms with E-state index in [4.69, 9.17) is 4.74 Å². The van der Waals surface area contributed by atoms with Crippen molar-refractivity contribution in [2.24, 2.45) is 11.3 Å². The van der Waals surface area contributed by atoms with Crippen LogP contribution in [0.4, 0.5) is 4.79 Å². The molecule has 4 rings (SSSR count). The highest BCUT2D eigenvalue weighted by Crippen LogP contribution is 2.45. The molecule has 2 aromatic rings. The largest absolute Gasteiger partial charge is 0.481 e. The number of amides is 2. The number of aromatic nitrogens is 2. The molecule has 2 saturated heterocycles. The van der Waals surface area contributed by atoms with Crippen LogP contribution in [0, 0.1) is 11.3 Å². The molecule has 0 aliphatic carbocycles. The van der Waals surface area contributed by atoms with Gasteiger partial charge in [0.2, 0.25) is 0 Å². The van der Waals surface area contributed by atoms with Crippen molar-refractivity contribution >= 4 is 18.0 Å². The predicted molar refractivity (Wildman–Crippen MR) is 115 cm³/mol. The molecule has 1 aromatic carbocycles. The molecule has 0 unspecified atom stereocenters. The summed E-state index contributed by atoms with van der Waals surface area (Å²) in [5.74, 6) is -1.93. The van der Waals surface area contributed by atoms with Crippen molar-refractivity contribution in [3.63, 3.8) is 0 Å². The molecule has 1 atom stereocenters. The minimum absolute atomic E-state index is 0.111. The van der Waals surface area contributed by atoms with Gasteiger partial charge in [0.1, 0.15) is 5.60 Å². The number of ether oxygens (including phenoxy) is 1. The van der Waals surface area contributed by atoms with E-state index in [1.54, 1.807) is 36.5 Å². The summed E-state index contributed by atoms with van der Waals surface area (Å²) in [4.78, 5) is 40.4. The Morgan fingerprint density at radius 2 is 1.78 bits per heavy atom. The molecule has 1 spiro atoms. The van der Waals surface area contributed by atoms with Gasteiger partial charge in [-0.1, -0.05) is 30.3 Å². The number of carbonyl (C=O) groups is 3. The van der Waals surface area contributed by atoms with E-state index in [1.807, 2.05) is 30.3 Å². The number of carboxylic acids is 1. The van der Waals surface area contributed by atoms with E-state index in [0.29, 0.717) is 12.1 Å². The minimum atomic E-state index is -0.955. The summed E-state index contributed by atoms with van der Waals surface area (Å²) in [5.41, 5.74) is 0.213. The highest BCUT2D eigenvalue weighted by Gasteiger charge is 2.59. The Labute approximate surface area is 186 Å². The number of nitrogens with zero attached hydrogens (tertiary/aromatic N) is 4. The number of rotatable bonds is 4. The third-order valence-corrected chi connectivity index (χ3v) is 5.96. The number of hydrogen-bond donors (Lipinski definition) is 1. The normalized spacial score (nSPS) is 19.7. The van der Waals surface area contributed by atoms with Gasteiger partial charge >= 0.3 is 12.1 Å². The van der Waals surface area contributed by atoms with Crippen LogP contribution in [0.2, 0.25) is 0 Å². The van der Waals surface area contributed by atoms with Crippen LogP contribution in [0.1, 0.15) is 36.7 Å². The van der Waals surface area contributed by atoms with E-state index >= 15 is 0 Å². The summed E-state index contributed by atoms with van der Waals surface area (Å²) >= 11 is 0. The van der Waals surface area contributed by atoms with Crippen LogP contribution in [0.25, 0.3) is 0 Å². The third-order valence-electron chi connectivity index (χ3n) is 5.96. The quantitative estimate of drug-likeness (QED) is 0.782. The molecule has 9 heteroatoms. The van der Waals surface area contributed by atoms with E-state index in [1.165, 1.54) is 11.1 Å². The fourth-order valence-electron chi connectivity index (χ4n) is 4.47. The lowest BCUT2D eigenvalue weighted by Crippen LogP contribution is -2.63. The lowest BCUT2D eigenvalue weighted by molar-refractivity contribution is -0.149. The highest BCUT2D eigenvalue weighted by molar-refractivity contribution is 5.94. The average Bonchev–Trinajstić information content (AvgIpc) is 3.31. The topological polar surface area (TPSA) is 105 Å². The van der Waals surface area contributed by atoms with Crippen molar-refractivity contribution in [3.05, 3.63) is 53.9 Å². The standard InChI is InChI=1S/C23H28N4O5/c1-22(2,3)32-21(31)26-14-23(15-26)13-25(12-18(23)20(29)30)19(28)17-9-24-27(11-17)10-16-7-5-4-6-8-16/h4-9,11,18H,10,12-15H2,1-3H3,(H,29,30)/t18-/m0/s1. The zero-order valence-corrected chi connectivity index (χ0v) is 18.5. The van der Waals surface area contributed by atoms with Crippen molar-refractivity contribution in [2.75, 3.05) is 26.2 Å². The van der Waals surface area contributed by atoms with Crippen molar-refractivity contribution in [2.45, 2.75) is 32.9 Å². The second-order valence-corrected chi connectivity index (χ2v) is 9.69. The first-order chi connectivity index (χ1) is 15.1. The molecule has 2 aliphatic heterocycles. The zero-order chi connectivity index (χ0) is 23.1. The molecule has 2 amide bonds. The molecule has 0 bridgehead atoms. The number of benzene rings is 1. The molecule has 1 N–H and O–H groups in total. The molecule has 0 radical (unpaired) electrons. The predicted octanol–water partition coefficient (Wildman–Crippen LogP) is 2.33. The average molecular weight is 441 g/mol. The monoisotopic (exact) mass is 440 g/mol. The molecule has 1 aromatic heterocycles. The number of likely N-dealkylation sites (tertiary alicyclic amines) is 2. The van der Waals surface area contributed by atoms with E-state index in [9.17, 15) is 19.5 Å². The minimum Gasteiger partial charge on any atom is -0.481 e. The summed E-state index contributed by atoms with van der Waals surface area (Å²) in [6, 6.07) is 9.80. The Morgan fingerprint density at radius 3 is 2.41 bits per heavy atom. The molecule has 170 valence electrons. The lowest BCUT2D eigenvalue weighted by atomic mass is 9.72. The summed E-state index contributed by atoms with van der Waals surface area (Å²) in [6.45, 7) is 6.82. The maximum absolute atomic E-state index is 13.1. The van der Waals surface area contributed by atoms with Gasteiger partial charge in [0, 0.05) is 37.8 Å². The molecule has 3 heterocycles.